The van der Waals surface area contributed by atoms with Gasteiger partial charge in [-0.3, -0.25) is 4.79 Å². The summed E-state index contributed by atoms with van der Waals surface area (Å²) >= 11 is 6.24. The second-order valence-corrected chi connectivity index (χ2v) is 8.97. The van der Waals surface area contributed by atoms with Crippen molar-refractivity contribution in [3.63, 3.8) is 0 Å². The Labute approximate surface area is 189 Å². The fraction of sp³-hybridized carbons (Fsp3) is 0.480. The van der Waals surface area contributed by atoms with E-state index in [1.54, 1.807) is 0 Å². The maximum absolute atomic E-state index is 12.7. The molecule has 166 valence electrons. The molecular formula is C25H30ClNO4. The van der Waals surface area contributed by atoms with Crippen LogP contribution in [0.1, 0.15) is 38.7 Å². The first-order valence-corrected chi connectivity index (χ1v) is 11.5. The molecule has 6 heteroatoms. The molecule has 0 aromatic heterocycles. The number of rotatable bonds is 5. The lowest BCUT2D eigenvalue weighted by atomic mass is 10.0. The largest absolute Gasteiger partial charge is 0.487 e. The molecule has 0 N–H and O–H groups in total. The van der Waals surface area contributed by atoms with Gasteiger partial charge in [0.25, 0.3) is 0 Å². The number of hydrogen-bond donors (Lipinski definition) is 0. The van der Waals surface area contributed by atoms with E-state index in [-0.39, 0.29) is 17.9 Å². The molecule has 2 aromatic carbocycles. The zero-order chi connectivity index (χ0) is 21.8. The Morgan fingerprint density at radius 1 is 1.19 bits per heavy atom. The Bertz CT molecular complexity index is 924. The van der Waals surface area contributed by atoms with Crippen molar-refractivity contribution in [3.8, 4) is 22.6 Å². The van der Waals surface area contributed by atoms with Crippen molar-refractivity contribution in [2.75, 3.05) is 26.4 Å². The minimum Gasteiger partial charge on any atom is -0.487 e. The zero-order valence-electron chi connectivity index (χ0n) is 18.2. The summed E-state index contributed by atoms with van der Waals surface area (Å²) in [6.45, 7) is 6.63. The molecular weight excluding hydrogens is 414 g/mol. The average molecular weight is 444 g/mol. The van der Waals surface area contributed by atoms with Gasteiger partial charge in [-0.15, -0.1) is 0 Å². The molecule has 1 fully saturated rings. The van der Waals surface area contributed by atoms with Crippen LogP contribution in [0.4, 0.5) is 0 Å². The van der Waals surface area contributed by atoms with Gasteiger partial charge < -0.3 is 19.1 Å². The molecule has 1 atom stereocenters. The molecule has 4 rings (SSSR count). The minimum atomic E-state index is -0.0585. The predicted molar refractivity (Wildman–Crippen MR) is 122 cm³/mol. The first-order chi connectivity index (χ1) is 15.0. The monoisotopic (exact) mass is 443 g/mol. The normalized spacial score (nSPS) is 18.8. The Morgan fingerprint density at radius 3 is 2.81 bits per heavy atom. The van der Waals surface area contributed by atoms with Crippen LogP contribution in [0.3, 0.4) is 0 Å². The number of benzene rings is 2. The summed E-state index contributed by atoms with van der Waals surface area (Å²) in [5, 5.41) is 0.679. The lowest BCUT2D eigenvalue weighted by molar-refractivity contribution is -0.135. The summed E-state index contributed by atoms with van der Waals surface area (Å²) in [5.74, 6) is 1.49. The van der Waals surface area contributed by atoms with Gasteiger partial charge in [0.15, 0.2) is 11.5 Å². The van der Waals surface area contributed by atoms with Gasteiger partial charge in [-0.2, -0.15) is 0 Å². The molecule has 2 heterocycles. The van der Waals surface area contributed by atoms with Crippen LogP contribution in [0.5, 0.6) is 11.5 Å². The number of amides is 1. The lowest BCUT2D eigenvalue weighted by Gasteiger charge is -2.24. The van der Waals surface area contributed by atoms with Gasteiger partial charge in [0.1, 0.15) is 13.2 Å². The van der Waals surface area contributed by atoms with Gasteiger partial charge in [0.2, 0.25) is 5.91 Å². The summed E-state index contributed by atoms with van der Waals surface area (Å²) in [6, 6.07) is 11.8. The Balaban J connectivity index is 1.68. The predicted octanol–water partition coefficient (Wildman–Crippen LogP) is 5.33. The molecule has 0 saturated carbocycles. The first kappa shape index (κ1) is 22.0. The van der Waals surface area contributed by atoms with E-state index in [0.717, 1.165) is 48.3 Å². The average Bonchev–Trinajstić information content (AvgIpc) is 3.00. The molecule has 31 heavy (non-hydrogen) atoms. The van der Waals surface area contributed by atoms with Gasteiger partial charge in [-0.05, 0) is 54.7 Å². The number of fused-ring (bicyclic) bond motifs is 1. The third kappa shape index (κ3) is 5.34. The molecule has 0 unspecified atom stereocenters. The summed E-state index contributed by atoms with van der Waals surface area (Å²) in [4.78, 5) is 14.5. The standard InChI is InChI=1S/C25H30ClNO4/c1-17(2)25(28)27-9-11-30-24-20(15-27)12-19(18-6-5-7-21(26)13-18)14-23(24)31-16-22-8-3-4-10-29-22/h5-7,12-14,17,22H,3-4,8-11,15-16H2,1-2H3/t22-/m0/s1. The van der Waals surface area contributed by atoms with E-state index in [1.807, 2.05) is 49.1 Å². The van der Waals surface area contributed by atoms with E-state index < -0.39 is 0 Å². The van der Waals surface area contributed by atoms with Crippen molar-refractivity contribution in [2.45, 2.75) is 45.8 Å². The third-order valence-electron chi connectivity index (χ3n) is 5.76. The number of nitrogens with zero attached hydrogens (tertiary/aromatic N) is 1. The SMILES string of the molecule is CC(C)C(=O)N1CCOc2c(cc(-c3cccc(Cl)c3)cc2OC[C@@H]2CCCCO2)C1. The van der Waals surface area contributed by atoms with Gasteiger partial charge >= 0.3 is 0 Å². The Morgan fingerprint density at radius 2 is 2.06 bits per heavy atom. The molecule has 0 aliphatic carbocycles. The van der Waals surface area contributed by atoms with E-state index in [2.05, 4.69) is 6.07 Å². The van der Waals surface area contributed by atoms with Gasteiger partial charge in [0, 0.05) is 29.7 Å². The highest BCUT2D eigenvalue weighted by Crippen LogP contribution is 2.39. The van der Waals surface area contributed by atoms with Crippen molar-refractivity contribution in [3.05, 3.63) is 47.0 Å². The van der Waals surface area contributed by atoms with Crippen LogP contribution >= 0.6 is 11.6 Å². The highest BCUT2D eigenvalue weighted by molar-refractivity contribution is 6.30. The second-order valence-electron chi connectivity index (χ2n) is 8.54. The van der Waals surface area contributed by atoms with Crippen LogP contribution in [-0.4, -0.2) is 43.3 Å². The molecule has 1 amide bonds. The lowest BCUT2D eigenvalue weighted by Crippen LogP contribution is -2.35. The minimum absolute atomic E-state index is 0.0585. The summed E-state index contributed by atoms with van der Waals surface area (Å²) in [6.07, 6.45) is 3.38. The van der Waals surface area contributed by atoms with Crippen molar-refractivity contribution in [2.24, 2.45) is 5.92 Å². The van der Waals surface area contributed by atoms with Crippen molar-refractivity contribution >= 4 is 17.5 Å². The zero-order valence-corrected chi connectivity index (χ0v) is 19.0. The highest BCUT2D eigenvalue weighted by atomic mass is 35.5. The van der Waals surface area contributed by atoms with Gasteiger partial charge in [0.05, 0.1) is 12.6 Å². The molecule has 0 bridgehead atoms. The van der Waals surface area contributed by atoms with E-state index in [4.69, 9.17) is 25.8 Å². The van der Waals surface area contributed by atoms with E-state index in [9.17, 15) is 4.79 Å². The summed E-state index contributed by atoms with van der Waals surface area (Å²) < 4.78 is 18.2. The fourth-order valence-electron chi connectivity index (χ4n) is 4.10. The topological polar surface area (TPSA) is 48.0 Å². The molecule has 1 saturated heterocycles. The third-order valence-corrected chi connectivity index (χ3v) is 6.00. The van der Waals surface area contributed by atoms with Crippen molar-refractivity contribution in [1.82, 2.24) is 4.90 Å². The molecule has 0 spiro atoms. The second kappa shape index (κ2) is 9.92. The molecule has 5 nitrogen and oxygen atoms in total. The van der Waals surface area contributed by atoms with Crippen LogP contribution in [0.2, 0.25) is 5.02 Å². The number of carbonyl (C=O) groups excluding carboxylic acids is 1. The number of carbonyl (C=O) groups is 1. The fourth-order valence-corrected chi connectivity index (χ4v) is 4.29. The Hall–Kier alpha value is -2.24. The van der Waals surface area contributed by atoms with Gasteiger partial charge in [-0.1, -0.05) is 37.6 Å². The highest BCUT2D eigenvalue weighted by Gasteiger charge is 2.25. The van der Waals surface area contributed by atoms with Crippen molar-refractivity contribution < 1.29 is 19.0 Å². The van der Waals surface area contributed by atoms with E-state index in [1.165, 1.54) is 0 Å². The van der Waals surface area contributed by atoms with Crippen LogP contribution in [-0.2, 0) is 16.1 Å². The number of halogens is 1. The molecule has 2 aliphatic heterocycles. The molecule has 2 aromatic rings. The van der Waals surface area contributed by atoms with E-state index in [0.29, 0.717) is 37.1 Å². The first-order valence-electron chi connectivity index (χ1n) is 11.1. The van der Waals surface area contributed by atoms with Crippen molar-refractivity contribution in [1.29, 1.82) is 0 Å². The molecule has 0 radical (unpaired) electrons. The van der Waals surface area contributed by atoms with E-state index >= 15 is 0 Å². The quantitative estimate of drug-likeness (QED) is 0.626. The molecule has 2 aliphatic rings. The smallest absolute Gasteiger partial charge is 0.225 e. The Kier molecular flexibility index (Phi) is 7.03. The van der Waals surface area contributed by atoms with Gasteiger partial charge in [-0.25, -0.2) is 0 Å². The van der Waals surface area contributed by atoms with Crippen LogP contribution in [0, 0.1) is 5.92 Å². The van der Waals surface area contributed by atoms with Crippen LogP contribution in [0.25, 0.3) is 11.1 Å². The maximum Gasteiger partial charge on any atom is 0.225 e. The van der Waals surface area contributed by atoms with Crippen LogP contribution in [0.15, 0.2) is 36.4 Å². The summed E-state index contributed by atoms with van der Waals surface area (Å²) in [5.41, 5.74) is 2.94. The number of ether oxygens (including phenoxy) is 3. The maximum atomic E-state index is 12.7. The summed E-state index contributed by atoms with van der Waals surface area (Å²) in [7, 11) is 0. The number of hydrogen-bond acceptors (Lipinski definition) is 4. The van der Waals surface area contributed by atoms with Crippen LogP contribution < -0.4 is 9.47 Å².